The molecule has 0 bridgehead atoms. The Morgan fingerprint density at radius 2 is 2.11 bits per heavy atom. The minimum absolute atomic E-state index is 0.0434. The highest BCUT2D eigenvalue weighted by Crippen LogP contribution is 2.22. The maximum atomic E-state index is 12.1. The Morgan fingerprint density at radius 1 is 1.42 bits per heavy atom. The van der Waals surface area contributed by atoms with E-state index in [1.807, 2.05) is 13.0 Å². The fourth-order valence-corrected chi connectivity index (χ4v) is 2.74. The van der Waals surface area contributed by atoms with Crippen LogP contribution in [0.2, 0.25) is 4.34 Å². The number of carboxylic acid groups (broad SMARTS) is 1. The van der Waals surface area contributed by atoms with E-state index in [1.54, 1.807) is 18.0 Å². The van der Waals surface area contributed by atoms with Gasteiger partial charge in [-0.2, -0.15) is 0 Å². The van der Waals surface area contributed by atoms with E-state index in [0.29, 0.717) is 17.4 Å². The lowest BCUT2D eigenvalue weighted by Gasteiger charge is -2.26. The molecule has 0 aliphatic carbocycles. The number of urea groups is 1. The first kappa shape index (κ1) is 15.8. The second-order valence-corrected chi connectivity index (χ2v) is 5.87. The van der Waals surface area contributed by atoms with E-state index >= 15 is 0 Å². The van der Waals surface area contributed by atoms with E-state index in [-0.39, 0.29) is 19.0 Å². The summed E-state index contributed by atoms with van der Waals surface area (Å²) in [4.78, 5) is 26.7. The number of carbonyl (C=O) groups excluding carboxylic acids is 1. The molecule has 0 spiro atoms. The standard InChI is InChI=1S/C12H17ClN2O3S/c1-3-15(7-6-11(16)17)12(18)14(2)8-9-4-5-10(13)19-9/h4-5H,3,6-8H2,1-2H3,(H,16,17). The molecule has 7 heteroatoms. The third-order valence-electron chi connectivity index (χ3n) is 2.60. The average Bonchev–Trinajstić information content (AvgIpc) is 2.74. The summed E-state index contributed by atoms with van der Waals surface area (Å²) < 4.78 is 0.689. The predicted octanol–water partition coefficient (Wildman–Crippen LogP) is 2.75. The van der Waals surface area contributed by atoms with Gasteiger partial charge in [-0.1, -0.05) is 11.6 Å². The summed E-state index contributed by atoms with van der Waals surface area (Å²) in [5.74, 6) is -0.904. The second-order valence-electron chi connectivity index (χ2n) is 4.07. The largest absolute Gasteiger partial charge is 0.481 e. The van der Waals surface area contributed by atoms with Crippen LogP contribution in [0.15, 0.2) is 12.1 Å². The van der Waals surface area contributed by atoms with Crippen molar-refractivity contribution in [3.63, 3.8) is 0 Å². The highest BCUT2D eigenvalue weighted by molar-refractivity contribution is 7.16. The lowest BCUT2D eigenvalue weighted by atomic mass is 10.4. The minimum atomic E-state index is -0.904. The Bertz CT molecular complexity index is 450. The van der Waals surface area contributed by atoms with Crippen LogP contribution in [0.1, 0.15) is 18.2 Å². The van der Waals surface area contributed by atoms with Gasteiger partial charge in [-0.05, 0) is 19.1 Å². The fourth-order valence-electron chi connectivity index (χ4n) is 1.60. The number of nitrogens with zero attached hydrogens (tertiary/aromatic N) is 2. The van der Waals surface area contributed by atoms with Gasteiger partial charge in [0.15, 0.2) is 0 Å². The molecular formula is C12H17ClN2O3S. The van der Waals surface area contributed by atoms with Crippen molar-refractivity contribution in [3.05, 3.63) is 21.3 Å². The van der Waals surface area contributed by atoms with Gasteiger partial charge in [0.05, 0.1) is 17.3 Å². The molecular weight excluding hydrogens is 288 g/mol. The molecule has 1 aromatic rings. The molecule has 5 nitrogen and oxygen atoms in total. The summed E-state index contributed by atoms with van der Waals surface area (Å²) in [7, 11) is 1.69. The number of hydrogen-bond acceptors (Lipinski definition) is 3. The van der Waals surface area contributed by atoms with Crippen LogP contribution in [0, 0.1) is 0 Å². The zero-order valence-electron chi connectivity index (χ0n) is 10.9. The Balaban J connectivity index is 2.56. The molecule has 2 amide bonds. The predicted molar refractivity (Wildman–Crippen MR) is 75.7 cm³/mol. The third-order valence-corrected chi connectivity index (χ3v) is 3.81. The van der Waals surface area contributed by atoms with Crippen molar-refractivity contribution >= 4 is 34.9 Å². The smallest absolute Gasteiger partial charge is 0.320 e. The highest BCUT2D eigenvalue weighted by atomic mass is 35.5. The van der Waals surface area contributed by atoms with E-state index in [2.05, 4.69) is 0 Å². The maximum absolute atomic E-state index is 12.1. The first-order valence-electron chi connectivity index (χ1n) is 5.90. The number of hydrogen-bond donors (Lipinski definition) is 1. The number of halogens is 1. The van der Waals surface area contributed by atoms with Crippen molar-refractivity contribution in [2.24, 2.45) is 0 Å². The first-order valence-corrected chi connectivity index (χ1v) is 7.09. The van der Waals surface area contributed by atoms with Crippen LogP contribution in [-0.4, -0.2) is 47.0 Å². The summed E-state index contributed by atoms with van der Waals surface area (Å²) in [6, 6.07) is 3.50. The van der Waals surface area contributed by atoms with Crippen LogP contribution in [0.4, 0.5) is 4.79 Å². The van der Waals surface area contributed by atoms with Crippen LogP contribution in [0.3, 0.4) is 0 Å². The fraction of sp³-hybridized carbons (Fsp3) is 0.500. The van der Waals surface area contributed by atoms with E-state index in [0.717, 1.165) is 4.88 Å². The van der Waals surface area contributed by atoms with Crippen molar-refractivity contribution in [1.29, 1.82) is 0 Å². The molecule has 0 radical (unpaired) electrons. The molecule has 1 rings (SSSR count). The number of thiophene rings is 1. The first-order chi connectivity index (χ1) is 8.93. The van der Waals surface area contributed by atoms with Crippen molar-refractivity contribution in [2.75, 3.05) is 20.1 Å². The quantitative estimate of drug-likeness (QED) is 0.879. The van der Waals surface area contributed by atoms with Crippen LogP contribution in [0.5, 0.6) is 0 Å². The molecule has 19 heavy (non-hydrogen) atoms. The Kier molecular flexibility index (Phi) is 6.11. The Morgan fingerprint density at radius 3 is 2.58 bits per heavy atom. The van der Waals surface area contributed by atoms with Crippen LogP contribution >= 0.6 is 22.9 Å². The van der Waals surface area contributed by atoms with Gasteiger partial charge in [0, 0.05) is 25.0 Å². The van der Waals surface area contributed by atoms with E-state index < -0.39 is 5.97 Å². The lowest BCUT2D eigenvalue weighted by molar-refractivity contribution is -0.137. The Hall–Kier alpha value is -1.27. The average molecular weight is 305 g/mol. The zero-order chi connectivity index (χ0) is 14.4. The molecule has 0 aromatic carbocycles. The van der Waals surface area contributed by atoms with Crippen molar-refractivity contribution in [1.82, 2.24) is 9.80 Å². The van der Waals surface area contributed by atoms with Crippen LogP contribution in [-0.2, 0) is 11.3 Å². The van der Waals surface area contributed by atoms with Gasteiger partial charge < -0.3 is 14.9 Å². The maximum Gasteiger partial charge on any atom is 0.320 e. The summed E-state index contributed by atoms with van der Waals surface area (Å²) >= 11 is 7.27. The summed E-state index contributed by atoms with van der Waals surface area (Å²) in [5, 5.41) is 8.65. The van der Waals surface area contributed by atoms with Gasteiger partial charge in [-0.25, -0.2) is 4.79 Å². The monoisotopic (exact) mass is 304 g/mol. The van der Waals surface area contributed by atoms with E-state index in [4.69, 9.17) is 16.7 Å². The van der Waals surface area contributed by atoms with Gasteiger partial charge in [-0.3, -0.25) is 4.79 Å². The number of rotatable bonds is 6. The number of amides is 2. The minimum Gasteiger partial charge on any atom is -0.481 e. The molecule has 0 unspecified atom stereocenters. The van der Waals surface area contributed by atoms with Crippen molar-refractivity contribution in [3.8, 4) is 0 Å². The topological polar surface area (TPSA) is 60.9 Å². The second kappa shape index (κ2) is 7.35. The van der Waals surface area contributed by atoms with Crippen LogP contribution in [0.25, 0.3) is 0 Å². The highest BCUT2D eigenvalue weighted by Gasteiger charge is 2.17. The molecule has 0 fully saturated rings. The summed E-state index contributed by atoms with van der Waals surface area (Å²) in [6.07, 6.45) is -0.0434. The zero-order valence-corrected chi connectivity index (χ0v) is 12.5. The van der Waals surface area contributed by atoms with E-state index in [1.165, 1.54) is 16.2 Å². The molecule has 0 aliphatic heterocycles. The van der Waals surface area contributed by atoms with Gasteiger partial charge in [0.2, 0.25) is 0 Å². The Labute approximate surface area is 121 Å². The van der Waals surface area contributed by atoms with Crippen LogP contribution < -0.4 is 0 Å². The van der Waals surface area contributed by atoms with Gasteiger partial charge in [0.25, 0.3) is 0 Å². The molecule has 106 valence electrons. The van der Waals surface area contributed by atoms with Gasteiger partial charge >= 0.3 is 12.0 Å². The normalized spacial score (nSPS) is 10.3. The van der Waals surface area contributed by atoms with E-state index in [9.17, 15) is 9.59 Å². The third kappa shape index (κ3) is 5.08. The lowest BCUT2D eigenvalue weighted by Crippen LogP contribution is -2.41. The molecule has 0 aliphatic rings. The molecule has 0 saturated carbocycles. The molecule has 0 atom stereocenters. The van der Waals surface area contributed by atoms with Gasteiger partial charge in [0.1, 0.15) is 0 Å². The van der Waals surface area contributed by atoms with Gasteiger partial charge in [-0.15, -0.1) is 11.3 Å². The van der Waals surface area contributed by atoms with Crippen molar-refractivity contribution in [2.45, 2.75) is 19.9 Å². The number of carbonyl (C=O) groups is 2. The van der Waals surface area contributed by atoms with Crippen molar-refractivity contribution < 1.29 is 14.7 Å². The summed E-state index contributed by atoms with van der Waals surface area (Å²) in [6.45, 7) is 3.01. The molecule has 0 saturated heterocycles. The summed E-state index contributed by atoms with van der Waals surface area (Å²) in [5.41, 5.74) is 0. The molecule has 1 N–H and O–H groups in total. The molecule has 1 heterocycles. The molecule has 1 aromatic heterocycles. The number of aliphatic carboxylic acids is 1. The number of carboxylic acids is 1. The SMILES string of the molecule is CCN(CCC(=O)O)C(=O)N(C)Cc1ccc(Cl)s1.